The van der Waals surface area contributed by atoms with Gasteiger partial charge in [0.1, 0.15) is 5.82 Å². The number of aromatic nitrogens is 2. The monoisotopic (exact) mass is 430 g/mol. The van der Waals surface area contributed by atoms with Crippen molar-refractivity contribution in [3.05, 3.63) is 126 Å². The quantitative estimate of drug-likeness (QED) is 0.255. The van der Waals surface area contributed by atoms with Crippen LogP contribution in [0.4, 0.5) is 0 Å². The van der Waals surface area contributed by atoms with Gasteiger partial charge in [-0.25, -0.2) is 4.98 Å². The minimum Gasteiger partial charge on any atom is -0.316 e. The summed E-state index contributed by atoms with van der Waals surface area (Å²) in [6.45, 7) is 2.09. The number of carbonyl (C=O) groups is 1. The number of rotatable bonds is 7. The van der Waals surface area contributed by atoms with Crippen LogP contribution in [-0.2, 0) is 0 Å². The number of nitrogens with zero attached hydrogens (tertiary/aromatic N) is 2. The topological polar surface area (TPSA) is 34.9 Å². The van der Waals surface area contributed by atoms with Gasteiger partial charge in [0.05, 0.1) is 17.1 Å². The van der Waals surface area contributed by atoms with Crippen LogP contribution in [0.15, 0.2) is 109 Å². The molecular weight excluding hydrogens is 404 g/mol. The summed E-state index contributed by atoms with van der Waals surface area (Å²) in [5, 5.41) is 0. The van der Waals surface area contributed by atoms with E-state index in [0.29, 0.717) is 12.8 Å². The summed E-state index contributed by atoms with van der Waals surface area (Å²) in [4.78, 5) is 18.0. The molecule has 0 spiro atoms. The van der Waals surface area contributed by atoms with Crippen LogP contribution in [-0.4, -0.2) is 15.3 Å². The predicted molar refractivity (Wildman–Crippen MR) is 134 cm³/mol. The largest absolute Gasteiger partial charge is 0.316 e. The van der Waals surface area contributed by atoms with Crippen LogP contribution in [0.3, 0.4) is 0 Å². The van der Waals surface area contributed by atoms with Gasteiger partial charge >= 0.3 is 0 Å². The molecule has 3 nitrogen and oxygen atoms in total. The standard InChI is InChI=1S/C30H26N2O/c1-22-17-18-28-26(21-22)31-30(25-15-9-4-10-16-25)32(28)27(23-11-5-2-6-12-23)19-20-29(33)24-13-7-3-8-14-24/h2-18,21,27H,19-20H2,1H3. The molecule has 33 heavy (non-hydrogen) atoms. The highest BCUT2D eigenvalue weighted by Gasteiger charge is 2.23. The fourth-order valence-electron chi connectivity index (χ4n) is 4.47. The molecule has 0 saturated heterocycles. The Morgan fingerprint density at radius 1 is 0.818 bits per heavy atom. The molecule has 0 aliphatic heterocycles. The molecule has 0 saturated carbocycles. The van der Waals surface area contributed by atoms with Crippen molar-refractivity contribution < 1.29 is 4.79 Å². The second-order valence-electron chi connectivity index (χ2n) is 8.42. The van der Waals surface area contributed by atoms with Crippen LogP contribution in [0.25, 0.3) is 22.4 Å². The minimum absolute atomic E-state index is 0.0122. The SMILES string of the molecule is Cc1ccc2c(c1)nc(-c1ccccc1)n2C(CCC(=O)c1ccccc1)c1ccccc1. The lowest BCUT2D eigenvalue weighted by Crippen LogP contribution is -2.14. The van der Waals surface area contributed by atoms with Crippen LogP contribution in [0, 0.1) is 6.92 Å². The summed E-state index contributed by atoms with van der Waals surface area (Å²) in [6, 6.07) is 36.7. The number of benzene rings is 4. The highest BCUT2D eigenvalue weighted by Crippen LogP contribution is 2.34. The van der Waals surface area contributed by atoms with Gasteiger partial charge in [-0.3, -0.25) is 4.79 Å². The van der Waals surface area contributed by atoms with E-state index >= 15 is 0 Å². The van der Waals surface area contributed by atoms with Crippen molar-refractivity contribution in [2.45, 2.75) is 25.8 Å². The Morgan fingerprint density at radius 2 is 1.45 bits per heavy atom. The maximum absolute atomic E-state index is 13.0. The molecule has 0 amide bonds. The number of ketones is 1. The van der Waals surface area contributed by atoms with Gasteiger partial charge < -0.3 is 4.57 Å². The third-order valence-electron chi connectivity index (χ3n) is 6.11. The van der Waals surface area contributed by atoms with Crippen LogP contribution >= 0.6 is 0 Å². The Labute approximate surface area is 194 Å². The minimum atomic E-state index is -0.0122. The fourth-order valence-corrected chi connectivity index (χ4v) is 4.47. The molecule has 1 aromatic heterocycles. The van der Waals surface area contributed by atoms with Gasteiger partial charge in [0, 0.05) is 17.5 Å². The normalized spacial score (nSPS) is 12.0. The molecule has 0 aliphatic rings. The van der Waals surface area contributed by atoms with E-state index in [1.54, 1.807) is 0 Å². The summed E-state index contributed by atoms with van der Waals surface area (Å²) >= 11 is 0. The van der Waals surface area contributed by atoms with Crippen molar-refractivity contribution >= 4 is 16.8 Å². The van der Waals surface area contributed by atoms with Crippen molar-refractivity contribution in [1.29, 1.82) is 0 Å². The molecule has 3 heteroatoms. The summed E-state index contributed by atoms with van der Waals surface area (Å²) in [5.41, 5.74) is 6.25. The molecule has 162 valence electrons. The second-order valence-corrected chi connectivity index (χ2v) is 8.42. The molecule has 0 N–H and O–H groups in total. The molecule has 5 aromatic rings. The van der Waals surface area contributed by atoms with Crippen LogP contribution in [0.1, 0.15) is 40.4 Å². The first-order valence-corrected chi connectivity index (χ1v) is 11.4. The van der Waals surface area contributed by atoms with Gasteiger partial charge in [-0.05, 0) is 36.6 Å². The molecule has 0 bridgehead atoms. The molecule has 0 fully saturated rings. The Morgan fingerprint density at radius 3 is 2.15 bits per heavy atom. The number of fused-ring (bicyclic) bond motifs is 1. The van der Waals surface area contributed by atoms with Gasteiger partial charge in [-0.1, -0.05) is 97.1 Å². The van der Waals surface area contributed by atoms with E-state index in [4.69, 9.17) is 4.98 Å². The van der Waals surface area contributed by atoms with Crippen molar-refractivity contribution in [3.8, 4) is 11.4 Å². The molecule has 1 heterocycles. The van der Waals surface area contributed by atoms with Crippen molar-refractivity contribution in [3.63, 3.8) is 0 Å². The van der Waals surface area contributed by atoms with Gasteiger partial charge in [0.25, 0.3) is 0 Å². The van der Waals surface area contributed by atoms with Crippen LogP contribution in [0.2, 0.25) is 0 Å². The summed E-state index contributed by atoms with van der Waals surface area (Å²) in [5.74, 6) is 1.09. The van der Waals surface area contributed by atoms with Crippen molar-refractivity contribution in [2.75, 3.05) is 0 Å². The molecule has 4 aromatic carbocycles. The average molecular weight is 431 g/mol. The number of hydrogen-bond donors (Lipinski definition) is 0. The Hall–Kier alpha value is -3.98. The maximum atomic E-state index is 13.0. The zero-order valence-electron chi connectivity index (χ0n) is 18.7. The number of Topliss-reactive ketones (excluding diaryl/α,β-unsaturated/α-hetero) is 1. The Balaban J connectivity index is 1.63. The number of aryl methyl sites for hydroxylation is 1. The lowest BCUT2D eigenvalue weighted by molar-refractivity contribution is 0.0976. The molecule has 0 aliphatic carbocycles. The van der Waals surface area contributed by atoms with E-state index in [2.05, 4.69) is 66.1 Å². The van der Waals surface area contributed by atoms with E-state index < -0.39 is 0 Å². The van der Waals surface area contributed by atoms with E-state index in [1.165, 1.54) is 11.1 Å². The van der Waals surface area contributed by atoms with Gasteiger partial charge in [-0.2, -0.15) is 0 Å². The molecule has 5 rings (SSSR count). The molecule has 0 radical (unpaired) electrons. The summed E-state index contributed by atoms with van der Waals surface area (Å²) < 4.78 is 2.32. The first kappa shape index (κ1) is 20.9. The zero-order chi connectivity index (χ0) is 22.6. The highest BCUT2D eigenvalue weighted by atomic mass is 16.1. The van der Waals surface area contributed by atoms with E-state index in [-0.39, 0.29) is 11.8 Å². The highest BCUT2D eigenvalue weighted by molar-refractivity contribution is 5.96. The van der Waals surface area contributed by atoms with E-state index in [0.717, 1.165) is 28.0 Å². The van der Waals surface area contributed by atoms with E-state index in [1.807, 2.05) is 54.6 Å². The lowest BCUT2D eigenvalue weighted by Gasteiger charge is -2.23. The van der Waals surface area contributed by atoms with Gasteiger partial charge in [0.2, 0.25) is 0 Å². The Bertz CT molecular complexity index is 1370. The first-order chi connectivity index (χ1) is 16.2. The maximum Gasteiger partial charge on any atom is 0.162 e. The molecule has 1 unspecified atom stereocenters. The third kappa shape index (κ3) is 4.35. The zero-order valence-corrected chi connectivity index (χ0v) is 18.7. The van der Waals surface area contributed by atoms with Gasteiger partial charge in [-0.15, -0.1) is 0 Å². The van der Waals surface area contributed by atoms with Crippen molar-refractivity contribution in [1.82, 2.24) is 9.55 Å². The number of carbonyl (C=O) groups excluding carboxylic acids is 1. The second kappa shape index (κ2) is 9.25. The Kier molecular flexibility index (Phi) is 5.86. The van der Waals surface area contributed by atoms with Crippen molar-refractivity contribution in [2.24, 2.45) is 0 Å². The summed E-state index contributed by atoms with van der Waals surface area (Å²) in [7, 11) is 0. The lowest BCUT2D eigenvalue weighted by atomic mass is 9.97. The van der Waals surface area contributed by atoms with E-state index in [9.17, 15) is 4.79 Å². The van der Waals surface area contributed by atoms with Crippen LogP contribution < -0.4 is 0 Å². The molecule has 1 atom stereocenters. The average Bonchev–Trinajstić information content (AvgIpc) is 3.24. The van der Waals surface area contributed by atoms with Gasteiger partial charge in [0.15, 0.2) is 5.78 Å². The smallest absolute Gasteiger partial charge is 0.162 e. The summed E-state index contributed by atoms with van der Waals surface area (Å²) in [6.07, 6.45) is 1.15. The fraction of sp³-hybridized carbons (Fsp3) is 0.133. The molecular formula is C30H26N2O. The predicted octanol–water partition coefficient (Wildman–Crippen LogP) is 7.26. The van der Waals surface area contributed by atoms with Crippen LogP contribution in [0.5, 0.6) is 0 Å². The number of hydrogen-bond acceptors (Lipinski definition) is 2. The number of imidazole rings is 1. The first-order valence-electron chi connectivity index (χ1n) is 11.4. The third-order valence-corrected chi connectivity index (χ3v) is 6.11.